The van der Waals surface area contributed by atoms with Gasteiger partial charge in [-0.2, -0.15) is 4.98 Å². The van der Waals surface area contributed by atoms with Gasteiger partial charge in [-0.3, -0.25) is 0 Å². The van der Waals surface area contributed by atoms with Crippen LogP contribution in [0.4, 0.5) is 31.9 Å². The van der Waals surface area contributed by atoms with Crippen LogP contribution in [-0.4, -0.2) is 21.6 Å². The largest absolute Gasteiger partial charge is 0.503 e. The third-order valence-corrected chi connectivity index (χ3v) is 3.10. The lowest BCUT2D eigenvalue weighted by Crippen LogP contribution is -2.10. The zero-order chi connectivity index (χ0) is 17.0. The number of nitrogens with one attached hydrogen (secondary N) is 2. The number of phenols is 1. The molecule has 0 fully saturated rings. The molecule has 5 N–H and O–H groups in total. The molecule has 8 heteroatoms. The lowest BCUT2D eigenvalue weighted by molar-refractivity contribution is 0.396. The minimum Gasteiger partial charge on any atom is -0.503 e. The Morgan fingerprint density at radius 3 is 2.52 bits per heavy atom. The zero-order valence-corrected chi connectivity index (χ0v) is 12.9. The molecule has 0 unspecified atom stereocenters. The molecule has 2 rings (SSSR count). The first kappa shape index (κ1) is 16.7. The smallest absolute Gasteiger partial charge is 0.229 e. The van der Waals surface area contributed by atoms with Crippen LogP contribution in [0.3, 0.4) is 0 Å². The maximum atomic E-state index is 13.3. The van der Waals surface area contributed by atoms with Crippen molar-refractivity contribution in [3.05, 3.63) is 30.0 Å². The first-order valence-corrected chi connectivity index (χ1v) is 7.18. The standard InChI is InChI=1S/C15H19F2N5O/c1-8(2)3-4-19-14-12(18)7-20-15(22-14)21-9-5-10(16)13(23)11(17)6-9/h5-8,23H,3-4,18H2,1-2H3,(H2,19,20,21,22). The Hall–Kier alpha value is -2.64. The molecule has 6 nitrogen and oxygen atoms in total. The summed E-state index contributed by atoms with van der Waals surface area (Å²) in [6, 6.07) is 1.90. The maximum absolute atomic E-state index is 13.3. The van der Waals surface area contributed by atoms with Crippen molar-refractivity contribution in [2.45, 2.75) is 20.3 Å². The summed E-state index contributed by atoms with van der Waals surface area (Å²) in [5.74, 6) is -2.05. The Bertz CT molecular complexity index is 671. The van der Waals surface area contributed by atoms with Crippen LogP contribution in [0.25, 0.3) is 0 Å². The number of aromatic nitrogens is 2. The molecule has 2 aromatic rings. The molecule has 0 aliphatic heterocycles. The van der Waals surface area contributed by atoms with Crippen LogP contribution in [0.15, 0.2) is 18.3 Å². The normalized spacial score (nSPS) is 10.8. The van der Waals surface area contributed by atoms with E-state index >= 15 is 0 Å². The van der Waals surface area contributed by atoms with E-state index in [-0.39, 0.29) is 11.6 Å². The minimum absolute atomic E-state index is 0.0794. The molecule has 23 heavy (non-hydrogen) atoms. The highest BCUT2D eigenvalue weighted by Gasteiger charge is 2.11. The van der Waals surface area contributed by atoms with Crippen molar-refractivity contribution in [2.75, 3.05) is 22.9 Å². The average Bonchev–Trinajstić information content (AvgIpc) is 2.47. The van der Waals surface area contributed by atoms with Crippen molar-refractivity contribution in [1.29, 1.82) is 0 Å². The molecule has 0 saturated heterocycles. The van der Waals surface area contributed by atoms with Gasteiger partial charge < -0.3 is 21.5 Å². The number of hydrogen-bond donors (Lipinski definition) is 4. The Labute approximate surface area is 132 Å². The van der Waals surface area contributed by atoms with Crippen LogP contribution in [0.2, 0.25) is 0 Å². The van der Waals surface area contributed by atoms with Crippen molar-refractivity contribution < 1.29 is 13.9 Å². The summed E-state index contributed by atoms with van der Waals surface area (Å²) >= 11 is 0. The highest BCUT2D eigenvalue weighted by Crippen LogP contribution is 2.26. The molecule has 0 aliphatic carbocycles. The highest BCUT2D eigenvalue weighted by atomic mass is 19.1. The second-order valence-electron chi connectivity index (χ2n) is 5.52. The number of aromatic hydroxyl groups is 1. The first-order chi connectivity index (χ1) is 10.9. The summed E-state index contributed by atoms with van der Waals surface area (Å²) < 4.78 is 26.7. The summed E-state index contributed by atoms with van der Waals surface area (Å²) in [6.07, 6.45) is 2.35. The Morgan fingerprint density at radius 1 is 1.26 bits per heavy atom. The van der Waals surface area contributed by atoms with Crippen molar-refractivity contribution in [1.82, 2.24) is 9.97 Å². The van der Waals surface area contributed by atoms with Crippen molar-refractivity contribution in [2.24, 2.45) is 5.92 Å². The molecule has 0 radical (unpaired) electrons. The van der Waals surface area contributed by atoms with Gasteiger partial charge in [-0.1, -0.05) is 13.8 Å². The van der Waals surface area contributed by atoms with Gasteiger partial charge in [0.2, 0.25) is 5.95 Å². The number of phenolic OH excluding ortho intramolecular Hbond substituents is 1. The van der Waals surface area contributed by atoms with E-state index in [4.69, 9.17) is 10.8 Å². The van der Waals surface area contributed by atoms with Gasteiger partial charge in [0.05, 0.1) is 11.9 Å². The molecule has 0 aliphatic rings. The topological polar surface area (TPSA) is 96.1 Å². The molecule has 0 spiro atoms. The van der Waals surface area contributed by atoms with Gasteiger partial charge in [-0.05, 0) is 12.3 Å². The molecular weight excluding hydrogens is 304 g/mol. The molecule has 1 aromatic carbocycles. The zero-order valence-electron chi connectivity index (χ0n) is 12.9. The van der Waals surface area contributed by atoms with E-state index in [2.05, 4.69) is 34.4 Å². The lowest BCUT2D eigenvalue weighted by Gasteiger charge is -2.12. The number of nitrogens with two attached hydrogens (primary N) is 1. The van der Waals surface area contributed by atoms with Gasteiger partial charge in [0, 0.05) is 24.4 Å². The van der Waals surface area contributed by atoms with E-state index in [1.807, 2.05) is 0 Å². The summed E-state index contributed by atoms with van der Waals surface area (Å²) in [5, 5.41) is 14.9. The van der Waals surface area contributed by atoms with Gasteiger partial charge in [-0.15, -0.1) is 0 Å². The number of anilines is 4. The molecule has 0 bridgehead atoms. The van der Waals surface area contributed by atoms with E-state index in [0.717, 1.165) is 18.6 Å². The van der Waals surface area contributed by atoms with Gasteiger partial charge in [0.15, 0.2) is 23.2 Å². The average molecular weight is 323 g/mol. The van der Waals surface area contributed by atoms with Crippen LogP contribution >= 0.6 is 0 Å². The second kappa shape index (κ2) is 7.08. The Kier molecular flexibility index (Phi) is 5.15. The fourth-order valence-corrected chi connectivity index (χ4v) is 1.84. The molecule has 0 amide bonds. The van der Waals surface area contributed by atoms with Crippen LogP contribution in [-0.2, 0) is 0 Å². The number of nitrogens with zero attached hydrogens (tertiary/aromatic N) is 2. The number of rotatable bonds is 6. The van der Waals surface area contributed by atoms with Crippen LogP contribution in [0, 0.1) is 17.6 Å². The van der Waals surface area contributed by atoms with Crippen LogP contribution in [0.5, 0.6) is 5.75 Å². The third kappa shape index (κ3) is 4.41. The summed E-state index contributed by atoms with van der Waals surface area (Å²) in [4.78, 5) is 8.14. The predicted molar refractivity (Wildman–Crippen MR) is 85.7 cm³/mol. The number of benzene rings is 1. The maximum Gasteiger partial charge on any atom is 0.229 e. The van der Waals surface area contributed by atoms with E-state index in [1.165, 1.54) is 6.20 Å². The predicted octanol–water partition coefficient (Wildman–Crippen LogP) is 3.24. The number of nitrogen functional groups attached to an aromatic ring is 1. The van der Waals surface area contributed by atoms with Crippen molar-refractivity contribution in [3.63, 3.8) is 0 Å². The monoisotopic (exact) mass is 323 g/mol. The molecule has 1 aromatic heterocycles. The third-order valence-electron chi connectivity index (χ3n) is 3.10. The summed E-state index contributed by atoms with van der Waals surface area (Å²) in [7, 11) is 0. The number of hydrogen-bond acceptors (Lipinski definition) is 6. The van der Waals surface area contributed by atoms with E-state index in [9.17, 15) is 8.78 Å². The van der Waals surface area contributed by atoms with E-state index in [0.29, 0.717) is 24.0 Å². The van der Waals surface area contributed by atoms with Gasteiger partial charge >= 0.3 is 0 Å². The fourth-order valence-electron chi connectivity index (χ4n) is 1.84. The Morgan fingerprint density at radius 2 is 1.91 bits per heavy atom. The molecule has 0 atom stereocenters. The second-order valence-corrected chi connectivity index (χ2v) is 5.52. The SMILES string of the molecule is CC(C)CCNc1nc(Nc2cc(F)c(O)c(F)c2)ncc1N. The summed E-state index contributed by atoms with van der Waals surface area (Å²) in [6.45, 7) is 4.90. The van der Waals surface area contributed by atoms with Crippen LogP contribution < -0.4 is 16.4 Å². The van der Waals surface area contributed by atoms with Gasteiger partial charge in [0.1, 0.15) is 0 Å². The van der Waals surface area contributed by atoms with Crippen molar-refractivity contribution >= 4 is 23.1 Å². The van der Waals surface area contributed by atoms with E-state index in [1.54, 1.807) is 0 Å². The van der Waals surface area contributed by atoms with Crippen molar-refractivity contribution in [3.8, 4) is 5.75 Å². The van der Waals surface area contributed by atoms with Gasteiger partial charge in [-0.25, -0.2) is 13.8 Å². The minimum atomic E-state index is -1.07. The highest BCUT2D eigenvalue weighted by molar-refractivity contribution is 5.64. The number of halogens is 2. The molecule has 124 valence electrons. The quantitative estimate of drug-likeness (QED) is 0.610. The van der Waals surface area contributed by atoms with E-state index < -0.39 is 17.4 Å². The molecule has 0 saturated carbocycles. The lowest BCUT2D eigenvalue weighted by atomic mass is 10.1. The molecule has 1 heterocycles. The summed E-state index contributed by atoms with van der Waals surface area (Å²) in [5.41, 5.74) is 6.26. The molecular formula is C15H19F2N5O. The first-order valence-electron chi connectivity index (χ1n) is 7.18. The van der Waals surface area contributed by atoms with Crippen LogP contribution in [0.1, 0.15) is 20.3 Å². The van der Waals surface area contributed by atoms with Gasteiger partial charge in [0.25, 0.3) is 0 Å². The fraction of sp³-hybridized carbons (Fsp3) is 0.333. The Balaban J connectivity index is 2.14.